The van der Waals surface area contributed by atoms with Crippen LogP contribution >= 0.6 is 0 Å². The molecule has 0 spiro atoms. The van der Waals surface area contributed by atoms with Crippen LogP contribution in [0.1, 0.15) is 19.4 Å². The molecular formula is C12H21N5O. The first-order valence-corrected chi connectivity index (χ1v) is 5.99. The third-order valence-electron chi connectivity index (χ3n) is 2.24. The molecule has 0 atom stereocenters. The van der Waals surface area contributed by atoms with Gasteiger partial charge in [-0.25, -0.2) is 9.97 Å². The highest BCUT2D eigenvalue weighted by Crippen LogP contribution is 2.04. The number of nitrogens with one attached hydrogen (secondary N) is 2. The summed E-state index contributed by atoms with van der Waals surface area (Å²) >= 11 is 0. The summed E-state index contributed by atoms with van der Waals surface area (Å²) in [6, 6.07) is 0.143. The fourth-order valence-electron chi connectivity index (χ4n) is 1.49. The van der Waals surface area contributed by atoms with Crippen LogP contribution in [0.25, 0.3) is 0 Å². The molecular weight excluding hydrogens is 230 g/mol. The monoisotopic (exact) mass is 251 g/mol. The first-order chi connectivity index (χ1) is 8.52. The van der Waals surface area contributed by atoms with E-state index in [1.807, 2.05) is 20.9 Å². The Hall–Kier alpha value is -1.69. The van der Waals surface area contributed by atoms with E-state index in [1.54, 1.807) is 24.3 Å². The SMILES string of the molecule is CNCc1cnc(N(C)CC(=O)NC(C)C)nc1. The van der Waals surface area contributed by atoms with Crippen molar-refractivity contribution >= 4 is 11.9 Å². The standard InChI is InChI=1S/C12H21N5O/c1-9(2)16-11(18)8-17(4)12-14-6-10(5-13-3)7-15-12/h6-7,9,13H,5,8H2,1-4H3,(H,16,18). The molecule has 1 aromatic heterocycles. The van der Waals surface area contributed by atoms with Crippen molar-refractivity contribution in [1.29, 1.82) is 0 Å². The average molecular weight is 251 g/mol. The molecule has 0 aliphatic rings. The molecule has 2 N–H and O–H groups in total. The molecule has 0 aliphatic carbocycles. The van der Waals surface area contributed by atoms with Crippen molar-refractivity contribution < 1.29 is 4.79 Å². The topological polar surface area (TPSA) is 70.2 Å². The summed E-state index contributed by atoms with van der Waals surface area (Å²) in [5, 5.41) is 5.86. The fraction of sp³-hybridized carbons (Fsp3) is 0.583. The molecule has 0 saturated heterocycles. The van der Waals surface area contributed by atoms with E-state index < -0.39 is 0 Å². The summed E-state index contributed by atoms with van der Waals surface area (Å²) in [5.41, 5.74) is 1.02. The van der Waals surface area contributed by atoms with Crippen molar-refractivity contribution in [2.75, 3.05) is 25.5 Å². The molecule has 0 fully saturated rings. The number of hydrogen-bond acceptors (Lipinski definition) is 5. The Bertz CT molecular complexity index is 377. The van der Waals surface area contributed by atoms with Crippen LogP contribution in [-0.2, 0) is 11.3 Å². The smallest absolute Gasteiger partial charge is 0.239 e. The molecule has 1 amide bonds. The molecule has 0 saturated carbocycles. The van der Waals surface area contributed by atoms with E-state index in [1.165, 1.54) is 0 Å². The van der Waals surface area contributed by atoms with Crippen LogP contribution < -0.4 is 15.5 Å². The van der Waals surface area contributed by atoms with E-state index in [4.69, 9.17) is 0 Å². The zero-order chi connectivity index (χ0) is 13.5. The van der Waals surface area contributed by atoms with Gasteiger partial charge < -0.3 is 15.5 Å². The number of aromatic nitrogens is 2. The van der Waals surface area contributed by atoms with Crippen LogP contribution in [0.4, 0.5) is 5.95 Å². The third kappa shape index (κ3) is 4.67. The van der Waals surface area contributed by atoms with Gasteiger partial charge in [0.05, 0.1) is 6.54 Å². The third-order valence-corrected chi connectivity index (χ3v) is 2.24. The fourth-order valence-corrected chi connectivity index (χ4v) is 1.49. The van der Waals surface area contributed by atoms with Gasteiger partial charge in [0, 0.05) is 37.6 Å². The number of amides is 1. The van der Waals surface area contributed by atoms with E-state index in [-0.39, 0.29) is 18.5 Å². The second-order valence-corrected chi connectivity index (χ2v) is 4.50. The first kappa shape index (κ1) is 14.4. The summed E-state index contributed by atoms with van der Waals surface area (Å²) in [6.07, 6.45) is 3.52. The minimum atomic E-state index is -0.0320. The Balaban J connectivity index is 2.55. The largest absolute Gasteiger partial charge is 0.352 e. The van der Waals surface area contributed by atoms with Gasteiger partial charge >= 0.3 is 0 Å². The lowest BCUT2D eigenvalue weighted by molar-refractivity contribution is -0.120. The van der Waals surface area contributed by atoms with Gasteiger partial charge in [0.25, 0.3) is 0 Å². The number of nitrogens with zero attached hydrogens (tertiary/aromatic N) is 3. The van der Waals surface area contributed by atoms with Gasteiger partial charge in [0.1, 0.15) is 0 Å². The van der Waals surface area contributed by atoms with Crippen molar-refractivity contribution in [3.8, 4) is 0 Å². The van der Waals surface area contributed by atoms with Gasteiger partial charge in [0.15, 0.2) is 0 Å². The molecule has 0 radical (unpaired) electrons. The Labute approximate surface area is 108 Å². The molecule has 1 aromatic rings. The number of rotatable bonds is 6. The zero-order valence-corrected chi connectivity index (χ0v) is 11.4. The van der Waals surface area contributed by atoms with Crippen molar-refractivity contribution in [3.05, 3.63) is 18.0 Å². The normalized spacial score (nSPS) is 10.5. The molecule has 6 nitrogen and oxygen atoms in total. The molecule has 6 heteroatoms. The average Bonchev–Trinajstić information content (AvgIpc) is 2.29. The van der Waals surface area contributed by atoms with Crippen LogP contribution in [0.5, 0.6) is 0 Å². The number of likely N-dealkylation sites (N-methyl/N-ethyl adjacent to an activating group) is 1. The van der Waals surface area contributed by atoms with E-state index >= 15 is 0 Å². The second-order valence-electron chi connectivity index (χ2n) is 4.50. The number of carbonyl (C=O) groups excluding carboxylic acids is 1. The Kier molecular flexibility index (Phi) is 5.51. The predicted molar refractivity (Wildman–Crippen MR) is 71.3 cm³/mol. The first-order valence-electron chi connectivity index (χ1n) is 5.99. The Morgan fingerprint density at radius 1 is 1.39 bits per heavy atom. The van der Waals surface area contributed by atoms with Crippen LogP contribution in [0.2, 0.25) is 0 Å². The van der Waals surface area contributed by atoms with Crippen molar-refractivity contribution in [2.45, 2.75) is 26.4 Å². The summed E-state index contributed by atoms with van der Waals surface area (Å²) < 4.78 is 0. The predicted octanol–water partition coefficient (Wildman–Crippen LogP) is 0.157. The lowest BCUT2D eigenvalue weighted by Gasteiger charge is -2.17. The van der Waals surface area contributed by atoms with Gasteiger partial charge in [-0.2, -0.15) is 0 Å². The number of carbonyl (C=O) groups is 1. The lowest BCUT2D eigenvalue weighted by Crippen LogP contribution is -2.39. The number of anilines is 1. The highest BCUT2D eigenvalue weighted by atomic mass is 16.2. The zero-order valence-electron chi connectivity index (χ0n) is 11.4. The highest BCUT2D eigenvalue weighted by Gasteiger charge is 2.10. The Morgan fingerprint density at radius 2 is 2.00 bits per heavy atom. The van der Waals surface area contributed by atoms with Gasteiger partial charge in [0.2, 0.25) is 11.9 Å². The maximum absolute atomic E-state index is 11.6. The second kappa shape index (κ2) is 6.90. The summed E-state index contributed by atoms with van der Waals surface area (Å²) in [4.78, 5) is 21.8. The molecule has 0 aromatic carbocycles. The minimum Gasteiger partial charge on any atom is -0.352 e. The van der Waals surface area contributed by atoms with E-state index in [0.29, 0.717) is 5.95 Å². The van der Waals surface area contributed by atoms with E-state index in [9.17, 15) is 4.79 Å². The quantitative estimate of drug-likeness (QED) is 0.753. The van der Waals surface area contributed by atoms with Crippen LogP contribution in [0, 0.1) is 0 Å². The summed E-state index contributed by atoms with van der Waals surface area (Å²) in [7, 11) is 3.67. The lowest BCUT2D eigenvalue weighted by atomic mass is 10.3. The van der Waals surface area contributed by atoms with E-state index in [0.717, 1.165) is 12.1 Å². The molecule has 0 unspecified atom stereocenters. The van der Waals surface area contributed by atoms with Crippen molar-refractivity contribution in [1.82, 2.24) is 20.6 Å². The maximum Gasteiger partial charge on any atom is 0.239 e. The highest BCUT2D eigenvalue weighted by molar-refractivity contribution is 5.80. The van der Waals surface area contributed by atoms with Gasteiger partial charge in [-0.05, 0) is 20.9 Å². The van der Waals surface area contributed by atoms with E-state index in [2.05, 4.69) is 20.6 Å². The molecule has 18 heavy (non-hydrogen) atoms. The van der Waals surface area contributed by atoms with Crippen molar-refractivity contribution in [3.63, 3.8) is 0 Å². The minimum absolute atomic E-state index is 0.0320. The van der Waals surface area contributed by atoms with Crippen LogP contribution in [0.3, 0.4) is 0 Å². The molecule has 1 heterocycles. The van der Waals surface area contributed by atoms with Crippen molar-refractivity contribution in [2.24, 2.45) is 0 Å². The van der Waals surface area contributed by atoms with Crippen LogP contribution in [0.15, 0.2) is 12.4 Å². The van der Waals surface area contributed by atoms with Gasteiger partial charge in [-0.15, -0.1) is 0 Å². The van der Waals surface area contributed by atoms with Gasteiger partial charge in [-0.1, -0.05) is 0 Å². The molecule has 1 rings (SSSR count). The summed E-state index contributed by atoms with van der Waals surface area (Å²) in [5.74, 6) is 0.518. The molecule has 0 aliphatic heterocycles. The maximum atomic E-state index is 11.6. The molecule has 0 bridgehead atoms. The van der Waals surface area contributed by atoms with Gasteiger partial charge in [-0.3, -0.25) is 4.79 Å². The number of hydrogen-bond donors (Lipinski definition) is 2. The molecule has 100 valence electrons. The van der Waals surface area contributed by atoms with Crippen LogP contribution in [-0.4, -0.2) is 42.6 Å². The summed E-state index contributed by atoms with van der Waals surface area (Å²) in [6.45, 7) is 4.85. The Morgan fingerprint density at radius 3 is 2.50 bits per heavy atom.